The van der Waals surface area contributed by atoms with Crippen LogP contribution < -0.4 is 4.74 Å². The number of nitrogens with zero attached hydrogens (tertiary/aromatic N) is 1. The van der Waals surface area contributed by atoms with Crippen LogP contribution in [-0.2, 0) is 0 Å². The van der Waals surface area contributed by atoms with Gasteiger partial charge in [-0.25, -0.2) is 4.98 Å². The van der Waals surface area contributed by atoms with Crippen LogP contribution >= 0.6 is 27.5 Å². The van der Waals surface area contributed by atoms with Crippen molar-refractivity contribution in [1.29, 1.82) is 0 Å². The average Bonchev–Trinajstić information content (AvgIpc) is 2.63. The van der Waals surface area contributed by atoms with Crippen molar-refractivity contribution in [3.05, 3.63) is 88.4 Å². The van der Waals surface area contributed by atoms with Crippen molar-refractivity contribution in [2.24, 2.45) is 0 Å². The van der Waals surface area contributed by atoms with E-state index in [1.165, 1.54) is 0 Å². The lowest BCUT2D eigenvalue weighted by atomic mass is 10.0. The predicted octanol–water partition coefficient (Wildman–Crippen LogP) is 7.11. The summed E-state index contributed by atoms with van der Waals surface area (Å²) in [5.74, 6) is 1.28. The van der Waals surface area contributed by atoms with Gasteiger partial charge in [-0.05, 0) is 42.0 Å². The molecule has 122 valence electrons. The number of hydrogen-bond acceptors (Lipinski definition) is 2. The van der Waals surface area contributed by atoms with Gasteiger partial charge in [-0.1, -0.05) is 63.9 Å². The number of pyridine rings is 1. The van der Waals surface area contributed by atoms with Crippen LogP contribution in [0.5, 0.6) is 11.6 Å². The van der Waals surface area contributed by atoms with Gasteiger partial charge < -0.3 is 4.74 Å². The van der Waals surface area contributed by atoms with E-state index in [-0.39, 0.29) is 0 Å². The van der Waals surface area contributed by atoms with Gasteiger partial charge in [0.1, 0.15) is 5.75 Å². The molecule has 1 aromatic heterocycles. The van der Waals surface area contributed by atoms with Gasteiger partial charge in [0.05, 0.1) is 5.52 Å². The molecule has 0 saturated heterocycles. The number of rotatable bonds is 3. The molecule has 4 heteroatoms. The second kappa shape index (κ2) is 6.87. The molecule has 0 radical (unpaired) electrons. The molecule has 0 atom stereocenters. The monoisotopic (exact) mass is 409 g/mol. The molecule has 1 heterocycles. The molecule has 25 heavy (non-hydrogen) atoms. The minimum atomic E-state index is 0.538. The van der Waals surface area contributed by atoms with Gasteiger partial charge in [0.2, 0.25) is 5.88 Å². The number of ether oxygens (including phenoxy) is 1. The number of halogens is 2. The van der Waals surface area contributed by atoms with E-state index in [0.717, 1.165) is 32.3 Å². The molecule has 2 nitrogen and oxygen atoms in total. The maximum absolute atomic E-state index is 6.44. The van der Waals surface area contributed by atoms with Crippen molar-refractivity contribution in [3.8, 4) is 22.8 Å². The summed E-state index contributed by atoms with van der Waals surface area (Å²) in [7, 11) is 0. The van der Waals surface area contributed by atoms with E-state index < -0.39 is 0 Å². The van der Waals surface area contributed by atoms with E-state index in [9.17, 15) is 0 Å². The Labute approximate surface area is 159 Å². The summed E-state index contributed by atoms with van der Waals surface area (Å²) < 4.78 is 6.95. The Morgan fingerprint density at radius 1 is 0.800 bits per heavy atom. The highest BCUT2D eigenvalue weighted by Crippen LogP contribution is 2.37. The molecule has 0 bridgehead atoms. The van der Waals surface area contributed by atoms with Crippen LogP contribution in [-0.4, -0.2) is 4.98 Å². The van der Waals surface area contributed by atoms with Crippen LogP contribution in [0.25, 0.3) is 22.0 Å². The molecule has 0 aliphatic heterocycles. The largest absolute Gasteiger partial charge is 0.439 e. The molecule has 0 aliphatic carbocycles. The highest BCUT2D eigenvalue weighted by molar-refractivity contribution is 9.10. The lowest BCUT2D eigenvalue weighted by molar-refractivity contribution is 0.465. The molecule has 0 spiro atoms. The molecule has 3 aromatic carbocycles. The smallest absolute Gasteiger partial charge is 0.220 e. The van der Waals surface area contributed by atoms with Crippen LogP contribution in [0.1, 0.15) is 0 Å². The van der Waals surface area contributed by atoms with E-state index in [1.54, 1.807) is 0 Å². The van der Waals surface area contributed by atoms with Gasteiger partial charge in [-0.3, -0.25) is 0 Å². The molecule has 0 unspecified atom stereocenters. The van der Waals surface area contributed by atoms with Crippen molar-refractivity contribution < 1.29 is 4.74 Å². The Balaban J connectivity index is 1.92. The molecule has 0 amide bonds. The first kappa shape index (κ1) is 16.1. The Bertz CT molecular complexity index is 1050. The molecule has 4 rings (SSSR count). The van der Waals surface area contributed by atoms with E-state index in [4.69, 9.17) is 16.3 Å². The standard InChI is InChI=1S/C21H13BrClNO/c22-14-10-11-20-18(12-14)17(16-8-4-5-9-19(16)23)13-21(24-20)25-15-6-2-1-3-7-15/h1-13H. The third kappa shape index (κ3) is 3.39. The normalized spacial score (nSPS) is 10.8. The lowest BCUT2D eigenvalue weighted by Crippen LogP contribution is -1.92. The SMILES string of the molecule is Clc1ccccc1-c1cc(Oc2ccccc2)nc2ccc(Br)cc12. The zero-order valence-electron chi connectivity index (χ0n) is 13.1. The first-order chi connectivity index (χ1) is 12.2. The number of benzene rings is 3. The summed E-state index contributed by atoms with van der Waals surface area (Å²) in [5, 5.41) is 1.71. The minimum absolute atomic E-state index is 0.538. The van der Waals surface area contributed by atoms with Gasteiger partial charge in [0, 0.05) is 26.5 Å². The van der Waals surface area contributed by atoms with Gasteiger partial charge in [0.25, 0.3) is 0 Å². The number of para-hydroxylation sites is 1. The number of aromatic nitrogens is 1. The Hall–Kier alpha value is -2.36. The van der Waals surface area contributed by atoms with Gasteiger partial charge in [-0.2, -0.15) is 0 Å². The predicted molar refractivity (Wildman–Crippen MR) is 106 cm³/mol. The fourth-order valence-corrected chi connectivity index (χ4v) is 3.34. The Morgan fingerprint density at radius 2 is 1.56 bits per heavy atom. The van der Waals surface area contributed by atoms with Crippen molar-refractivity contribution in [1.82, 2.24) is 4.98 Å². The summed E-state index contributed by atoms with van der Waals surface area (Å²) in [4.78, 5) is 4.64. The zero-order valence-corrected chi connectivity index (χ0v) is 15.5. The molecule has 0 fully saturated rings. The van der Waals surface area contributed by atoms with Gasteiger partial charge >= 0.3 is 0 Å². The quantitative estimate of drug-likeness (QED) is 0.359. The molecule has 0 aliphatic rings. The van der Waals surface area contributed by atoms with Crippen molar-refractivity contribution in [2.75, 3.05) is 0 Å². The first-order valence-electron chi connectivity index (χ1n) is 7.79. The molecular formula is C21H13BrClNO. The maximum atomic E-state index is 6.44. The van der Waals surface area contributed by atoms with Gasteiger partial charge in [-0.15, -0.1) is 0 Å². The third-order valence-electron chi connectivity index (χ3n) is 3.88. The van der Waals surface area contributed by atoms with Crippen LogP contribution in [0, 0.1) is 0 Å². The Kier molecular flexibility index (Phi) is 4.43. The topological polar surface area (TPSA) is 22.1 Å². The fraction of sp³-hybridized carbons (Fsp3) is 0. The highest BCUT2D eigenvalue weighted by Gasteiger charge is 2.12. The van der Waals surface area contributed by atoms with Crippen LogP contribution in [0.15, 0.2) is 83.3 Å². The highest BCUT2D eigenvalue weighted by atomic mass is 79.9. The maximum Gasteiger partial charge on any atom is 0.220 e. The first-order valence-corrected chi connectivity index (χ1v) is 8.96. The molecular weight excluding hydrogens is 398 g/mol. The van der Waals surface area contributed by atoms with E-state index >= 15 is 0 Å². The second-order valence-corrected chi connectivity index (χ2v) is 6.89. The summed E-state index contributed by atoms with van der Waals surface area (Å²) in [6.45, 7) is 0. The molecule has 4 aromatic rings. The van der Waals surface area contributed by atoms with E-state index in [0.29, 0.717) is 10.9 Å². The second-order valence-electron chi connectivity index (χ2n) is 5.56. The van der Waals surface area contributed by atoms with E-state index in [1.807, 2.05) is 78.9 Å². The third-order valence-corrected chi connectivity index (χ3v) is 4.70. The number of hydrogen-bond donors (Lipinski definition) is 0. The van der Waals surface area contributed by atoms with Crippen LogP contribution in [0.4, 0.5) is 0 Å². The Morgan fingerprint density at radius 3 is 2.36 bits per heavy atom. The average molecular weight is 411 g/mol. The molecule has 0 saturated carbocycles. The lowest BCUT2D eigenvalue weighted by Gasteiger charge is -2.12. The van der Waals surface area contributed by atoms with E-state index in [2.05, 4.69) is 20.9 Å². The molecule has 0 N–H and O–H groups in total. The van der Waals surface area contributed by atoms with Crippen molar-refractivity contribution >= 4 is 38.4 Å². The van der Waals surface area contributed by atoms with Crippen molar-refractivity contribution in [2.45, 2.75) is 0 Å². The van der Waals surface area contributed by atoms with Crippen molar-refractivity contribution in [3.63, 3.8) is 0 Å². The van der Waals surface area contributed by atoms with Crippen LogP contribution in [0.2, 0.25) is 5.02 Å². The number of fused-ring (bicyclic) bond motifs is 1. The summed E-state index contributed by atoms with van der Waals surface area (Å²) in [6.07, 6.45) is 0. The summed E-state index contributed by atoms with van der Waals surface area (Å²) in [6, 6.07) is 25.3. The zero-order chi connectivity index (χ0) is 17.2. The summed E-state index contributed by atoms with van der Waals surface area (Å²) in [5.41, 5.74) is 2.79. The fourth-order valence-electron chi connectivity index (χ4n) is 2.74. The summed E-state index contributed by atoms with van der Waals surface area (Å²) >= 11 is 9.98. The van der Waals surface area contributed by atoms with Gasteiger partial charge in [0.15, 0.2) is 0 Å². The minimum Gasteiger partial charge on any atom is -0.439 e. The van der Waals surface area contributed by atoms with Crippen LogP contribution in [0.3, 0.4) is 0 Å².